The molecule has 4 unspecified atom stereocenters. The van der Waals surface area contributed by atoms with E-state index in [0.29, 0.717) is 0 Å². The molecule has 2 nitrogen and oxygen atoms in total. The van der Waals surface area contributed by atoms with E-state index in [1.54, 1.807) is 0 Å². The van der Waals surface area contributed by atoms with Crippen LogP contribution in [0, 0.1) is 11.8 Å². The Morgan fingerprint density at radius 3 is 2.50 bits per heavy atom. The summed E-state index contributed by atoms with van der Waals surface area (Å²) in [7, 11) is 10.5. The van der Waals surface area contributed by atoms with Crippen LogP contribution < -0.4 is 0 Å². The number of hydrogen-bond donors (Lipinski definition) is 0. The quantitative estimate of drug-likeness (QED) is 0.711. The molecule has 20 heavy (non-hydrogen) atoms. The lowest BCUT2D eigenvalue weighted by atomic mass is 9.61. The largest absolute Gasteiger partial charge is 0.383 e. The molecular weight excluding hydrogens is 245 g/mol. The maximum Gasteiger partial charge on any atom is 0.0742 e. The number of methoxy groups -OCH3 is 1. The first-order valence-corrected chi connectivity index (χ1v) is 8.38. The first-order valence-electron chi connectivity index (χ1n) is 8.38. The molecule has 1 saturated carbocycles. The van der Waals surface area contributed by atoms with Gasteiger partial charge in [-0.3, -0.25) is 4.90 Å². The summed E-state index contributed by atoms with van der Waals surface area (Å²) < 4.78 is 5.52. The summed E-state index contributed by atoms with van der Waals surface area (Å²) in [6.07, 6.45) is 6.23. The van der Waals surface area contributed by atoms with Crippen LogP contribution in [0.5, 0.6) is 0 Å². The van der Waals surface area contributed by atoms with Crippen LogP contribution in [0.15, 0.2) is 0 Å². The van der Waals surface area contributed by atoms with Crippen molar-refractivity contribution in [2.45, 2.75) is 70.7 Å². The first-order chi connectivity index (χ1) is 9.39. The van der Waals surface area contributed by atoms with E-state index in [1.165, 1.54) is 38.6 Å². The van der Waals surface area contributed by atoms with Gasteiger partial charge in [-0.2, -0.15) is 0 Å². The summed E-state index contributed by atoms with van der Waals surface area (Å²) in [5.41, 5.74) is 0.193. The van der Waals surface area contributed by atoms with E-state index in [1.807, 2.05) is 21.0 Å². The highest BCUT2D eigenvalue weighted by molar-refractivity contribution is 6.14. The molecule has 1 heterocycles. The molecular formula is C17H34BNO. The molecule has 3 heteroatoms. The monoisotopic (exact) mass is 279 g/mol. The zero-order chi connectivity index (χ0) is 15.4. The number of piperidine rings is 1. The fraction of sp³-hybridized carbons (Fsp3) is 1.00. The van der Waals surface area contributed by atoms with E-state index >= 15 is 0 Å². The highest BCUT2D eigenvalue weighted by Crippen LogP contribution is 2.50. The van der Waals surface area contributed by atoms with Crippen molar-refractivity contribution >= 4 is 7.85 Å². The zero-order valence-electron chi connectivity index (χ0n) is 14.5. The molecule has 0 amide bonds. The molecule has 2 rings (SSSR count). The molecule has 2 aliphatic rings. The molecule has 2 radical (unpaired) electrons. The average molecular weight is 279 g/mol. The minimum atomic E-state index is 0.0450. The summed E-state index contributed by atoms with van der Waals surface area (Å²) in [5.74, 6) is 1.51. The fourth-order valence-corrected chi connectivity index (χ4v) is 4.33. The van der Waals surface area contributed by atoms with Crippen molar-refractivity contribution in [3.05, 3.63) is 0 Å². The van der Waals surface area contributed by atoms with Crippen LogP contribution in [0.4, 0.5) is 0 Å². The van der Waals surface area contributed by atoms with Crippen molar-refractivity contribution in [1.82, 2.24) is 4.90 Å². The maximum absolute atomic E-state index is 6.44. The highest BCUT2D eigenvalue weighted by Gasteiger charge is 2.47. The Bertz CT molecular complexity index is 295. The summed E-state index contributed by atoms with van der Waals surface area (Å²) in [6.45, 7) is 10.6. The lowest BCUT2D eigenvalue weighted by Crippen LogP contribution is -2.59. The lowest BCUT2D eigenvalue weighted by Gasteiger charge is -2.52. The molecule has 0 aromatic heterocycles. The molecule has 1 aliphatic heterocycles. The summed E-state index contributed by atoms with van der Waals surface area (Å²) in [6, 6.07) is 0. The van der Waals surface area contributed by atoms with Crippen LogP contribution in [-0.4, -0.2) is 45.6 Å². The molecule has 1 saturated heterocycles. The Morgan fingerprint density at radius 1 is 1.25 bits per heavy atom. The van der Waals surface area contributed by atoms with Crippen molar-refractivity contribution in [2.75, 3.05) is 27.3 Å². The predicted octanol–water partition coefficient (Wildman–Crippen LogP) is 3.91. The molecule has 0 N–H and O–H groups in total. The van der Waals surface area contributed by atoms with E-state index in [2.05, 4.69) is 25.8 Å². The van der Waals surface area contributed by atoms with Crippen LogP contribution in [0.3, 0.4) is 0 Å². The van der Waals surface area contributed by atoms with Crippen molar-refractivity contribution < 1.29 is 4.74 Å². The Hall–Kier alpha value is -0.0151. The van der Waals surface area contributed by atoms with Gasteiger partial charge in [0.2, 0.25) is 0 Å². The summed E-state index contributed by atoms with van der Waals surface area (Å²) >= 11 is 0. The summed E-state index contributed by atoms with van der Waals surface area (Å²) in [5, 5.41) is 0.0450. The van der Waals surface area contributed by atoms with Gasteiger partial charge in [-0.05, 0) is 45.2 Å². The van der Waals surface area contributed by atoms with Gasteiger partial charge in [0.05, 0.1) is 14.5 Å². The van der Waals surface area contributed by atoms with Crippen LogP contribution in [-0.2, 0) is 4.74 Å². The van der Waals surface area contributed by atoms with E-state index < -0.39 is 0 Å². The SMILES string of the molecule is CC.[B]C1(C)CCCC2C(CCN(C)C2(C)COC)C1. The Morgan fingerprint density at radius 2 is 1.90 bits per heavy atom. The number of ether oxygens (including phenoxy) is 1. The molecule has 0 spiro atoms. The minimum absolute atomic E-state index is 0.0450. The molecule has 0 aromatic carbocycles. The topological polar surface area (TPSA) is 12.5 Å². The Labute approximate surface area is 128 Å². The van der Waals surface area contributed by atoms with Gasteiger partial charge in [0.15, 0.2) is 0 Å². The second kappa shape index (κ2) is 7.31. The first kappa shape index (κ1) is 18.0. The van der Waals surface area contributed by atoms with Crippen LogP contribution in [0.25, 0.3) is 0 Å². The van der Waals surface area contributed by atoms with E-state index in [-0.39, 0.29) is 10.9 Å². The normalized spacial score (nSPS) is 42.1. The standard InChI is InChI=1S/C15H28BNO.C2H6/c1-14(16)8-5-6-13-12(10-14)7-9-17(3)15(13,2)11-18-4;1-2/h12-13H,5-11H2,1-4H3;1-2H3. The molecule has 0 aromatic rings. The van der Waals surface area contributed by atoms with Gasteiger partial charge in [0.1, 0.15) is 0 Å². The maximum atomic E-state index is 6.44. The van der Waals surface area contributed by atoms with Gasteiger partial charge in [-0.1, -0.05) is 45.3 Å². The van der Waals surface area contributed by atoms with Gasteiger partial charge in [0.25, 0.3) is 0 Å². The number of fused-ring (bicyclic) bond motifs is 1. The average Bonchev–Trinajstić information content (AvgIpc) is 2.55. The van der Waals surface area contributed by atoms with Gasteiger partial charge in [-0.25, -0.2) is 0 Å². The Kier molecular flexibility index (Phi) is 6.59. The van der Waals surface area contributed by atoms with Crippen molar-refractivity contribution in [1.29, 1.82) is 0 Å². The summed E-state index contributed by atoms with van der Waals surface area (Å²) in [4.78, 5) is 2.51. The second-order valence-electron chi connectivity index (χ2n) is 7.12. The van der Waals surface area contributed by atoms with E-state index in [0.717, 1.165) is 18.4 Å². The van der Waals surface area contributed by atoms with Crippen molar-refractivity contribution in [3.63, 3.8) is 0 Å². The van der Waals surface area contributed by atoms with E-state index in [4.69, 9.17) is 12.6 Å². The smallest absolute Gasteiger partial charge is 0.0742 e. The third-order valence-electron chi connectivity index (χ3n) is 5.50. The third kappa shape index (κ3) is 3.79. The number of likely N-dealkylation sites (N-methyl/N-ethyl adjacent to an activating group) is 1. The van der Waals surface area contributed by atoms with Gasteiger partial charge in [0, 0.05) is 12.6 Å². The molecule has 1 aliphatic carbocycles. The van der Waals surface area contributed by atoms with Gasteiger partial charge < -0.3 is 4.74 Å². The fourth-order valence-electron chi connectivity index (χ4n) is 4.33. The zero-order valence-corrected chi connectivity index (χ0v) is 14.5. The highest BCUT2D eigenvalue weighted by atomic mass is 16.5. The molecule has 2 fully saturated rings. The number of hydrogen-bond acceptors (Lipinski definition) is 2. The third-order valence-corrected chi connectivity index (χ3v) is 5.50. The van der Waals surface area contributed by atoms with Crippen molar-refractivity contribution in [2.24, 2.45) is 11.8 Å². The van der Waals surface area contributed by atoms with Crippen LogP contribution in [0.2, 0.25) is 5.31 Å². The lowest BCUT2D eigenvalue weighted by molar-refractivity contribution is -0.0597. The number of rotatable bonds is 2. The minimum Gasteiger partial charge on any atom is -0.383 e. The van der Waals surface area contributed by atoms with Crippen LogP contribution in [0.1, 0.15) is 59.8 Å². The molecule has 0 bridgehead atoms. The van der Waals surface area contributed by atoms with Gasteiger partial charge >= 0.3 is 0 Å². The number of nitrogens with zero attached hydrogens (tertiary/aromatic N) is 1. The number of likely N-dealkylation sites (tertiary alicyclic amines) is 1. The van der Waals surface area contributed by atoms with E-state index in [9.17, 15) is 0 Å². The van der Waals surface area contributed by atoms with Crippen LogP contribution >= 0.6 is 0 Å². The predicted molar refractivity (Wildman–Crippen MR) is 88.4 cm³/mol. The second-order valence-corrected chi connectivity index (χ2v) is 7.12. The Balaban J connectivity index is 0.000000956. The van der Waals surface area contributed by atoms with Gasteiger partial charge in [-0.15, -0.1) is 0 Å². The van der Waals surface area contributed by atoms with Crippen molar-refractivity contribution in [3.8, 4) is 0 Å². The molecule has 116 valence electrons. The molecule has 4 atom stereocenters.